The lowest BCUT2D eigenvalue weighted by atomic mass is 10.2. The highest BCUT2D eigenvalue weighted by Crippen LogP contribution is 2.17. The molecule has 0 aliphatic heterocycles. The van der Waals surface area contributed by atoms with Crippen molar-refractivity contribution in [2.45, 2.75) is 20.0 Å². The molecule has 0 bridgehead atoms. The summed E-state index contributed by atoms with van der Waals surface area (Å²) in [6, 6.07) is 16.1. The number of rotatable bonds is 6. The molecular formula is C20H26IN5O. The van der Waals surface area contributed by atoms with E-state index in [9.17, 15) is 0 Å². The summed E-state index contributed by atoms with van der Waals surface area (Å²) in [5, 5.41) is 6.65. The normalized spacial score (nSPS) is 11.1. The van der Waals surface area contributed by atoms with Crippen molar-refractivity contribution in [2.24, 2.45) is 12.0 Å². The molecule has 3 rings (SSSR count). The fraction of sp³-hybridized carbons (Fsp3) is 0.300. The molecule has 0 saturated heterocycles. The summed E-state index contributed by atoms with van der Waals surface area (Å²) >= 11 is 0. The molecule has 6 nitrogen and oxygen atoms in total. The molecule has 27 heavy (non-hydrogen) atoms. The van der Waals surface area contributed by atoms with Crippen molar-refractivity contribution in [3.05, 3.63) is 59.9 Å². The topological polar surface area (TPSA) is 63.5 Å². The zero-order valence-corrected chi connectivity index (χ0v) is 18.2. The SMILES string of the molecule is CCOc1ccccc1CNC(=NC)NCc1nc2ccccc2n1C.I. The van der Waals surface area contributed by atoms with E-state index in [-0.39, 0.29) is 24.0 Å². The number of para-hydroxylation sites is 3. The van der Waals surface area contributed by atoms with Crippen molar-refractivity contribution in [1.29, 1.82) is 0 Å². The Morgan fingerprint density at radius 3 is 2.52 bits per heavy atom. The van der Waals surface area contributed by atoms with Crippen LogP contribution in [0.25, 0.3) is 11.0 Å². The lowest BCUT2D eigenvalue weighted by Gasteiger charge is -2.14. The molecule has 3 aromatic rings. The van der Waals surface area contributed by atoms with Crippen molar-refractivity contribution in [3.63, 3.8) is 0 Å². The average Bonchev–Trinajstić information content (AvgIpc) is 2.99. The van der Waals surface area contributed by atoms with E-state index in [0.29, 0.717) is 19.7 Å². The van der Waals surface area contributed by atoms with Crippen molar-refractivity contribution < 1.29 is 4.74 Å². The first-order chi connectivity index (χ1) is 12.7. The number of ether oxygens (including phenoxy) is 1. The standard InChI is InChI=1S/C20H25N5O.HI/c1-4-26-18-12-8-5-9-15(18)13-22-20(21-2)23-14-19-24-16-10-6-7-11-17(16)25(19)3;/h5-12H,4,13-14H2,1-3H3,(H2,21,22,23);1H. The van der Waals surface area contributed by atoms with Gasteiger partial charge in [0, 0.05) is 26.2 Å². The fourth-order valence-electron chi connectivity index (χ4n) is 2.86. The second kappa shape index (κ2) is 10.1. The number of hydrogen-bond donors (Lipinski definition) is 2. The highest BCUT2D eigenvalue weighted by atomic mass is 127. The molecular weight excluding hydrogens is 453 g/mol. The van der Waals surface area contributed by atoms with Crippen LogP contribution >= 0.6 is 24.0 Å². The molecule has 0 aliphatic rings. The number of halogens is 1. The van der Waals surface area contributed by atoms with Crippen LogP contribution in [0.4, 0.5) is 0 Å². The van der Waals surface area contributed by atoms with Crippen LogP contribution in [-0.2, 0) is 20.1 Å². The van der Waals surface area contributed by atoms with Crippen molar-refractivity contribution in [1.82, 2.24) is 20.2 Å². The predicted octanol–water partition coefficient (Wildman–Crippen LogP) is 3.46. The molecule has 0 spiro atoms. The Hall–Kier alpha value is -2.29. The van der Waals surface area contributed by atoms with E-state index in [4.69, 9.17) is 4.74 Å². The summed E-state index contributed by atoms with van der Waals surface area (Å²) in [5.74, 6) is 2.58. The van der Waals surface area contributed by atoms with Crippen LogP contribution in [0, 0.1) is 0 Å². The molecule has 0 unspecified atom stereocenters. The van der Waals surface area contributed by atoms with Crippen LogP contribution in [-0.4, -0.2) is 29.2 Å². The van der Waals surface area contributed by atoms with Crippen molar-refractivity contribution in [3.8, 4) is 5.75 Å². The number of aliphatic imine (C=N–C) groups is 1. The van der Waals surface area contributed by atoms with Gasteiger partial charge in [-0.3, -0.25) is 4.99 Å². The number of aromatic nitrogens is 2. The summed E-state index contributed by atoms with van der Waals surface area (Å²) < 4.78 is 7.77. The summed E-state index contributed by atoms with van der Waals surface area (Å²) in [7, 11) is 3.79. The van der Waals surface area contributed by atoms with Gasteiger partial charge < -0.3 is 19.9 Å². The Morgan fingerprint density at radius 2 is 1.78 bits per heavy atom. The molecule has 0 amide bonds. The lowest BCUT2D eigenvalue weighted by Crippen LogP contribution is -2.37. The Labute approximate surface area is 177 Å². The molecule has 2 aromatic carbocycles. The third kappa shape index (κ3) is 5.12. The van der Waals surface area contributed by atoms with Gasteiger partial charge in [-0.05, 0) is 25.1 Å². The van der Waals surface area contributed by atoms with Gasteiger partial charge in [0.25, 0.3) is 0 Å². The number of nitrogens with one attached hydrogen (secondary N) is 2. The molecule has 2 N–H and O–H groups in total. The van der Waals surface area contributed by atoms with Gasteiger partial charge >= 0.3 is 0 Å². The fourth-order valence-corrected chi connectivity index (χ4v) is 2.86. The quantitative estimate of drug-likeness (QED) is 0.323. The van der Waals surface area contributed by atoms with Gasteiger partial charge in [0.1, 0.15) is 11.6 Å². The minimum Gasteiger partial charge on any atom is -0.494 e. The van der Waals surface area contributed by atoms with Gasteiger partial charge in [-0.2, -0.15) is 0 Å². The van der Waals surface area contributed by atoms with E-state index >= 15 is 0 Å². The summed E-state index contributed by atoms with van der Waals surface area (Å²) in [6.45, 7) is 3.87. The Morgan fingerprint density at radius 1 is 1.07 bits per heavy atom. The number of benzene rings is 2. The van der Waals surface area contributed by atoms with Gasteiger partial charge in [0.2, 0.25) is 0 Å². The van der Waals surface area contributed by atoms with Gasteiger partial charge in [-0.25, -0.2) is 4.98 Å². The monoisotopic (exact) mass is 479 g/mol. The predicted molar refractivity (Wildman–Crippen MR) is 121 cm³/mol. The zero-order chi connectivity index (χ0) is 18.4. The van der Waals surface area contributed by atoms with Gasteiger partial charge in [-0.15, -0.1) is 24.0 Å². The smallest absolute Gasteiger partial charge is 0.191 e. The van der Waals surface area contributed by atoms with Crippen LogP contribution in [0.15, 0.2) is 53.5 Å². The molecule has 0 fully saturated rings. The maximum absolute atomic E-state index is 5.67. The van der Waals surface area contributed by atoms with E-state index in [1.165, 1.54) is 0 Å². The molecule has 0 aliphatic carbocycles. The van der Waals surface area contributed by atoms with Gasteiger partial charge in [0.15, 0.2) is 5.96 Å². The Kier molecular flexibility index (Phi) is 7.90. The minimum atomic E-state index is 0. The Balaban J connectivity index is 0.00000261. The van der Waals surface area contributed by atoms with Gasteiger partial charge in [0.05, 0.1) is 24.2 Å². The third-order valence-corrected chi connectivity index (χ3v) is 4.24. The molecule has 0 atom stereocenters. The first kappa shape index (κ1) is 21.0. The number of hydrogen-bond acceptors (Lipinski definition) is 3. The molecule has 7 heteroatoms. The molecule has 0 radical (unpaired) electrons. The number of imidazole rings is 1. The van der Waals surface area contributed by atoms with Crippen LogP contribution in [0.1, 0.15) is 18.3 Å². The number of guanidine groups is 1. The Bertz CT molecular complexity index is 906. The van der Waals surface area contributed by atoms with E-state index in [2.05, 4.69) is 37.3 Å². The molecule has 1 heterocycles. The first-order valence-corrected chi connectivity index (χ1v) is 8.78. The average molecular weight is 479 g/mol. The highest BCUT2D eigenvalue weighted by Gasteiger charge is 2.08. The van der Waals surface area contributed by atoms with Crippen molar-refractivity contribution in [2.75, 3.05) is 13.7 Å². The van der Waals surface area contributed by atoms with Gasteiger partial charge in [-0.1, -0.05) is 30.3 Å². The molecule has 1 aromatic heterocycles. The second-order valence-corrected chi connectivity index (χ2v) is 5.90. The number of nitrogens with zero attached hydrogens (tertiary/aromatic N) is 3. The van der Waals surface area contributed by atoms with Crippen LogP contribution in [0.5, 0.6) is 5.75 Å². The highest BCUT2D eigenvalue weighted by molar-refractivity contribution is 14.0. The van der Waals surface area contributed by atoms with E-state index < -0.39 is 0 Å². The summed E-state index contributed by atoms with van der Waals surface area (Å²) in [5.41, 5.74) is 3.22. The van der Waals surface area contributed by atoms with Crippen LogP contribution in [0.2, 0.25) is 0 Å². The maximum Gasteiger partial charge on any atom is 0.191 e. The van der Waals surface area contributed by atoms with Crippen molar-refractivity contribution >= 4 is 41.0 Å². The van der Waals surface area contributed by atoms with Crippen LogP contribution < -0.4 is 15.4 Å². The molecule has 144 valence electrons. The van der Waals surface area contributed by atoms with E-state index in [0.717, 1.165) is 34.1 Å². The third-order valence-electron chi connectivity index (χ3n) is 4.24. The first-order valence-electron chi connectivity index (χ1n) is 8.78. The summed E-state index contributed by atoms with van der Waals surface area (Å²) in [6.07, 6.45) is 0. The maximum atomic E-state index is 5.67. The molecule has 0 saturated carbocycles. The summed E-state index contributed by atoms with van der Waals surface area (Å²) in [4.78, 5) is 8.97. The number of aryl methyl sites for hydroxylation is 1. The largest absolute Gasteiger partial charge is 0.494 e. The van der Waals surface area contributed by atoms with E-state index in [1.54, 1.807) is 7.05 Å². The zero-order valence-electron chi connectivity index (χ0n) is 15.9. The lowest BCUT2D eigenvalue weighted by molar-refractivity contribution is 0.336. The van der Waals surface area contributed by atoms with E-state index in [1.807, 2.05) is 50.4 Å². The second-order valence-electron chi connectivity index (χ2n) is 5.90. The van der Waals surface area contributed by atoms with Crippen LogP contribution in [0.3, 0.4) is 0 Å². The minimum absolute atomic E-state index is 0. The number of fused-ring (bicyclic) bond motifs is 1.